The number of rotatable bonds is 2. The summed E-state index contributed by atoms with van der Waals surface area (Å²) in [7, 11) is 0. The highest BCUT2D eigenvalue weighted by Crippen LogP contribution is 2.26. The lowest BCUT2D eigenvalue weighted by Crippen LogP contribution is -2.54. The van der Waals surface area contributed by atoms with Crippen LogP contribution in [0.3, 0.4) is 0 Å². The van der Waals surface area contributed by atoms with Crippen molar-refractivity contribution in [3.63, 3.8) is 0 Å². The minimum absolute atomic E-state index is 0.176. The van der Waals surface area contributed by atoms with E-state index < -0.39 is 0 Å². The smallest absolute Gasteiger partial charge is 0.0893 e. The topological polar surface area (TPSA) is 41.1 Å². The molecule has 1 N–H and O–H groups in total. The highest BCUT2D eigenvalue weighted by atomic mass is 15.2. The van der Waals surface area contributed by atoms with Crippen molar-refractivity contribution >= 4 is 11.0 Å². The number of hydrogen-bond acceptors (Lipinski definition) is 4. The van der Waals surface area contributed by atoms with Crippen LogP contribution in [0.1, 0.15) is 39.4 Å². The Labute approximate surface area is 128 Å². The van der Waals surface area contributed by atoms with Crippen LogP contribution < -0.4 is 5.32 Å². The molecule has 4 nitrogen and oxygen atoms in total. The van der Waals surface area contributed by atoms with Gasteiger partial charge in [0.15, 0.2) is 0 Å². The van der Waals surface area contributed by atoms with E-state index in [2.05, 4.69) is 53.1 Å². The Morgan fingerprint density at radius 2 is 2.24 bits per heavy atom. The minimum Gasteiger partial charge on any atom is -0.311 e. The summed E-state index contributed by atoms with van der Waals surface area (Å²) < 4.78 is 7.45. The van der Waals surface area contributed by atoms with Crippen molar-refractivity contribution in [2.24, 2.45) is 0 Å². The molecule has 2 aromatic rings. The Bertz CT molecular complexity index is 660. The molecule has 0 amide bonds. The Morgan fingerprint density at radius 3 is 3.05 bits per heavy atom. The average molecular weight is 285 g/mol. The summed E-state index contributed by atoms with van der Waals surface area (Å²) in [5, 5.41) is 3.53. The normalized spacial score (nSPS) is 25.8. The van der Waals surface area contributed by atoms with Crippen molar-refractivity contribution in [1.29, 1.82) is 0 Å². The molecule has 1 saturated heterocycles. The van der Waals surface area contributed by atoms with E-state index in [1.54, 1.807) is 6.20 Å². The molecular weight excluding hydrogens is 260 g/mol. The fourth-order valence-corrected chi connectivity index (χ4v) is 3.11. The average Bonchev–Trinajstić information content (AvgIpc) is 2.55. The van der Waals surface area contributed by atoms with E-state index in [1.807, 2.05) is 6.07 Å². The van der Waals surface area contributed by atoms with E-state index in [1.165, 1.54) is 5.56 Å². The van der Waals surface area contributed by atoms with Gasteiger partial charge in [0.1, 0.15) is 0 Å². The lowest BCUT2D eigenvalue weighted by molar-refractivity contribution is 0.103. The molecule has 1 aliphatic heterocycles. The first-order chi connectivity index (χ1) is 10.6. The first kappa shape index (κ1) is 13.2. The first-order valence-corrected chi connectivity index (χ1v) is 7.62. The van der Waals surface area contributed by atoms with E-state index in [0.29, 0.717) is 18.1 Å². The summed E-state index contributed by atoms with van der Waals surface area (Å²) in [6.45, 7) is 9.03. The van der Waals surface area contributed by atoms with Crippen LogP contribution in [0.4, 0.5) is 0 Å². The van der Waals surface area contributed by atoms with E-state index in [0.717, 1.165) is 29.8 Å². The zero-order valence-corrected chi connectivity index (χ0v) is 13.0. The number of aryl methyl sites for hydroxylation is 1. The molecule has 4 heteroatoms. The second-order valence-electron chi connectivity index (χ2n) is 6.14. The number of aromatic nitrogens is 2. The molecular formula is C17H24N4. The third kappa shape index (κ3) is 2.92. The van der Waals surface area contributed by atoms with Crippen molar-refractivity contribution in [3.05, 3.63) is 35.7 Å². The summed E-state index contributed by atoms with van der Waals surface area (Å²) in [5.74, 6) is 0. The van der Waals surface area contributed by atoms with Gasteiger partial charge in [-0.25, -0.2) is 4.98 Å². The highest BCUT2D eigenvalue weighted by molar-refractivity contribution is 5.74. The lowest BCUT2D eigenvalue weighted by atomic mass is 10.0. The van der Waals surface area contributed by atoms with Crippen LogP contribution >= 0.6 is 0 Å². The standard InChI is InChI=1S/C17H24N4/c1-11-8-19-16-6-5-15(7-17(16)20-11)14(4)21-10-12(2)18-9-13(21)3/h5-8,12-14,18H,9-10H2,1-4H3/t12-,13+,14?/m0/s1/i1D. The Hall–Kier alpha value is -1.52. The van der Waals surface area contributed by atoms with Gasteiger partial charge in [0, 0.05) is 38.8 Å². The molecule has 0 saturated carbocycles. The number of fused-ring (bicyclic) bond motifs is 1. The van der Waals surface area contributed by atoms with Crippen LogP contribution in [-0.4, -0.2) is 40.0 Å². The minimum atomic E-state index is 0.176. The van der Waals surface area contributed by atoms with Gasteiger partial charge in [-0.3, -0.25) is 9.88 Å². The Morgan fingerprint density at radius 1 is 1.38 bits per heavy atom. The van der Waals surface area contributed by atoms with Crippen molar-refractivity contribution in [2.75, 3.05) is 13.1 Å². The van der Waals surface area contributed by atoms with Crippen molar-refractivity contribution in [1.82, 2.24) is 20.2 Å². The highest BCUT2D eigenvalue weighted by Gasteiger charge is 2.27. The molecule has 3 rings (SSSR count). The van der Waals surface area contributed by atoms with Crippen LogP contribution in [-0.2, 0) is 0 Å². The van der Waals surface area contributed by atoms with E-state index in [9.17, 15) is 0 Å². The van der Waals surface area contributed by atoms with Crippen LogP contribution in [0.2, 0.25) is 0 Å². The molecule has 0 bridgehead atoms. The van der Waals surface area contributed by atoms with Gasteiger partial charge in [-0.2, -0.15) is 0 Å². The van der Waals surface area contributed by atoms with E-state index in [4.69, 9.17) is 1.37 Å². The predicted octanol–water partition coefficient (Wildman–Crippen LogP) is 2.68. The zero-order chi connectivity index (χ0) is 15.7. The maximum absolute atomic E-state index is 7.45. The molecule has 3 atom stereocenters. The lowest BCUT2D eigenvalue weighted by Gasteiger charge is -2.41. The third-order valence-electron chi connectivity index (χ3n) is 4.41. The SMILES string of the molecule is [2H]Cc1cnc2ccc(C(C)N3C[C@H](C)NC[C@H]3C)cc2n1. The largest absolute Gasteiger partial charge is 0.311 e. The van der Waals surface area contributed by atoms with Crippen LogP contribution in [0.25, 0.3) is 11.0 Å². The van der Waals surface area contributed by atoms with Crippen LogP contribution in [0, 0.1) is 6.90 Å². The van der Waals surface area contributed by atoms with E-state index >= 15 is 0 Å². The fourth-order valence-electron chi connectivity index (χ4n) is 3.11. The van der Waals surface area contributed by atoms with Crippen molar-refractivity contribution < 1.29 is 1.37 Å². The molecule has 0 aliphatic carbocycles. The number of nitrogens with one attached hydrogen (secondary N) is 1. The molecule has 1 fully saturated rings. The number of piperazine rings is 1. The zero-order valence-electron chi connectivity index (χ0n) is 14.0. The van der Waals surface area contributed by atoms with Gasteiger partial charge in [0.25, 0.3) is 0 Å². The van der Waals surface area contributed by atoms with Crippen LogP contribution in [0.15, 0.2) is 24.4 Å². The number of hydrogen-bond donors (Lipinski definition) is 1. The summed E-state index contributed by atoms with van der Waals surface area (Å²) in [4.78, 5) is 11.5. The summed E-state index contributed by atoms with van der Waals surface area (Å²) in [6.07, 6.45) is 1.69. The predicted molar refractivity (Wildman–Crippen MR) is 86.3 cm³/mol. The van der Waals surface area contributed by atoms with Gasteiger partial charge in [0.2, 0.25) is 0 Å². The third-order valence-corrected chi connectivity index (χ3v) is 4.41. The molecule has 1 unspecified atom stereocenters. The van der Waals surface area contributed by atoms with Gasteiger partial charge in [-0.15, -0.1) is 0 Å². The van der Waals surface area contributed by atoms with Gasteiger partial charge in [-0.1, -0.05) is 6.07 Å². The molecule has 1 aromatic carbocycles. The number of benzene rings is 1. The second kappa shape index (κ2) is 5.70. The van der Waals surface area contributed by atoms with Crippen LogP contribution in [0.5, 0.6) is 0 Å². The Kier molecular flexibility index (Phi) is 3.57. The van der Waals surface area contributed by atoms with Crippen molar-refractivity contribution in [3.8, 4) is 0 Å². The molecule has 112 valence electrons. The van der Waals surface area contributed by atoms with Gasteiger partial charge >= 0.3 is 0 Å². The first-order valence-electron chi connectivity index (χ1n) is 8.33. The Balaban J connectivity index is 1.91. The summed E-state index contributed by atoms with van der Waals surface area (Å²) in [6, 6.07) is 7.72. The fraction of sp³-hybridized carbons (Fsp3) is 0.529. The maximum atomic E-state index is 7.45. The molecule has 0 radical (unpaired) electrons. The summed E-state index contributed by atoms with van der Waals surface area (Å²) in [5.41, 5.74) is 3.78. The molecule has 21 heavy (non-hydrogen) atoms. The molecule has 1 aliphatic rings. The van der Waals surface area contributed by atoms with Gasteiger partial charge in [0.05, 0.1) is 16.7 Å². The maximum Gasteiger partial charge on any atom is 0.0893 e. The second-order valence-corrected chi connectivity index (χ2v) is 6.14. The van der Waals surface area contributed by atoms with Gasteiger partial charge < -0.3 is 5.32 Å². The molecule has 0 spiro atoms. The van der Waals surface area contributed by atoms with Gasteiger partial charge in [-0.05, 0) is 45.4 Å². The summed E-state index contributed by atoms with van der Waals surface area (Å²) >= 11 is 0. The number of nitrogens with zero attached hydrogens (tertiary/aromatic N) is 3. The van der Waals surface area contributed by atoms with E-state index in [-0.39, 0.29) is 6.90 Å². The van der Waals surface area contributed by atoms with Crippen molar-refractivity contribution in [2.45, 2.75) is 45.8 Å². The quantitative estimate of drug-likeness (QED) is 0.921. The molecule has 2 heterocycles. The monoisotopic (exact) mass is 285 g/mol. The molecule has 1 aromatic heterocycles.